The molecule has 0 bridgehead atoms. The molecule has 0 aliphatic heterocycles. The van der Waals surface area contributed by atoms with Crippen molar-refractivity contribution < 1.29 is 4.79 Å². The lowest BCUT2D eigenvalue weighted by molar-refractivity contribution is -0.114. The molecule has 5 nitrogen and oxygen atoms in total. The quantitative estimate of drug-likeness (QED) is 0.715. The molecule has 0 spiro atoms. The fourth-order valence-electron chi connectivity index (χ4n) is 3.15. The number of nitrogens with zero attached hydrogens (tertiary/aromatic N) is 3. The van der Waals surface area contributed by atoms with Crippen LogP contribution >= 0.6 is 11.8 Å². The number of carbonyl (C=O) groups excluding carboxylic acids is 1. The van der Waals surface area contributed by atoms with Crippen molar-refractivity contribution in [2.24, 2.45) is 7.05 Å². The first-order valence-electron chi connectivity index (χ1n) is 8.34. The zero-order chi connectivity index (χ0) is 17.6. The van der Waals surface area contributed by atoms with E-state index < -0.39 is 0 Å². The molecule has 0 unspecified atom stereocenters. The van der Waals surface area contributed by atoms with Crippen LogP contribution in [0.4, 0.5) is 5.82 Å². The van der Waals surface area contributed by atoms with Gasteiger partial charge in [-0.2, -0.15) is 0 Å². The van der Waals surface area contributed by atoms with E-state index in [9.17, 15) is 4.79 Å². The summed E-state index contributed by atoms with van der Waals surface area (Å²) in [6.45, 7) is 1.49. The van der Waals surface area contributed by atoms with Gasteiger partial charge in [-0.15, -0.1) is 11.8 Å². The van der Waals surface area contributed by atoms with Gasteiger partial charge >= 0.3 is 0 Å². The third-order valence-corrected chi connectivity index (χ3v) is 5.17. The largest absolute Gasteiger partial charge is 0.349 e. The van der Waals surface area contributed by atoms with E-state index in [1.807, 2.05) is 13.1 Å². The van der Waals surface area contributed by atoms with E-state index in [1.54, 1.807) is 18.0 Å². The molecule has 0 atom stereocenters. The summed E-state index contributed by atoms with van der Waals surface area (Å²) in [6, 6.07) is 6.35. The van der Waals surface area contributed by atoms with E-state index in [0.29, 0.717) is 11.7 Å². The molecular weight excluding hydrogens is 332 g/mol. The first-order valence-corrected chi connectivity index (χ1v) is 9.56. The third-order valence-electron chi connectivity index (χ3n) is 4.54. The number of rotatable bonds is 4. The third kappa shape index (κ3) is 3.14. The van der Waals surface area contributed by atoms with Gasteiger partial charge in [-0.1, -0.05) is 0 Å². The molecule has 3 aromatic heterocycles. The minimum atomic E-state index is -0.122. The van der Waals surface area contributed by atoms with Crippen LogP contribution in [-0.4, -0.2) is 26.7 Å². The summed E-state index contributed by atoms with van der Waals surface area (Å²) in [5.74, 6) is 1.12. The molecule has 25 heavy (non-hydrogen) atoms. The van der Waals surface area contributed by atoms with Gasteiger partial charge in [-0.25, -0.2) is 9.97 Å². The highest BCUT2D eigenvalue weighted by molar-refractivity contribution is 7.98. The highest BCUT2D eigenvalue weighted by Gasteiger charge is 2.25. The van der Waals surface area contributed by atoms with Gasteiger partial charge in [0.2, 0.25) is 5.91 Å². The SMILES string of the molecule is CSc1cc(C2CC2)cc(-c2cn(C)c3cnc(NC(C)=O)cc23)n1. The van der Waals surface area contributed by atoms with Gasteiger partial charge in [0.15, 0.2) is 0 Å². The van der Waals surface area contributed by atoms with E-state index in [-0.39, 0.29) is 5.91 Å². The van der Waals surface area contributed by atoms with Crippen molar-refractivity contribution in [1.29, 1.82) is 0 Å². The van der Waals surface area contributed by atoms with Crippen molar-refractivity contribution in [2.45, 2.75) is 30.7 Å². The van der Waals surface area contributed by atoms with E-state index in [2.05, 4.69) is 39.5 Å². The Morgan fingerprint density at radius 2 is 2.12 bits per heavy atom. The molecule has 1 amide bonds. The summed E-state index contributed by atoms with van der Waals surface area (Å²) >= 11 is 1.67. The van der Waals surface area contributed by atoms with Crippen molar-refractivity contribution in [3.63, 3.8) is 0 Å². The molecule has 6 heteroatoms. The van der Waals surface area contributed by atoms with E-state index in [1.165, 1.54) is 25.3 Å². The average Bonchev–Trinajstić information content (AvgIpc) is 3.39. The molecule has 0 aromatic carbocycles. The number of nitrogens with one attached hydrogen (secondary N) is 1. The van der Waals surface area contributed by atoms with Gasteiger partial charge in [0.05, 0.1) is 22.4 Å². The number of hydrogen-bond acceptors (Lipinski definition) is 4. The number of amides is 1. The van der Waals surface area contributed by atoms with Crippen LogP contribution in [0.15, 0.2) is 35.6 Å². The zero-order valence-corrected chi connectivity index (χ0v) is 15.4. The van der Waals surface area contributed by atoms with Gasteiger partial charge in [0, 0.05) is 31.1 Å². The molecule has 1 N–H and O–H groups in total. The fourth-order valence-corrected chi connectivity index (χ4v) is 3.59. The minimum absolute atomic E-state index is 0.122. The number of thioether (sulfide) groups is 1. The van der Waals surface area contributed by atoms with E-state index >= 15 is 0 Å². The van der Waals surface area contributed by atoms with Gasteiger partial charge in [-0.05, 0) is 48.8 Å². The smallest absolute Gasteiger partial charge is 0.222 e. The molecule has 3 heterocycles. The second-order valence-electron chi connectivity index (χ2n) is 6.52. The van der Waals surface area contributed by atoms with Crippen molar-refractivity contribution in [1.82, 2.24) is 14.5 Å². The maximum Gasteiger partial charge on any atom is 0.222 e. The van der Waals surface area contributed by atoms with Crippen LogP contribution in [0.1, 0.15) is 31.2 Å². The van der Waals surface area contributed by atoms with Crippen LogP contribution in [0.2, 0.25) is 0 Å². The lowest BCUT2D eigenvalue weighted by Crippen LogP contribution is -2.07. The Labute approximate surface area is 150 Å². The lowest BCUT2D eigenvalue weighted by Gasteiger charge is -2.07. The first-order chi connectivity index (χ1) is 12.0. The van der Waals surface area contributed by atoms with Gasteiger partial charge < -0.3 is 9.88 Å². The molecule has 1 aliphatic carbocycles. The Bertz CT molecular complexity index is 975. The predicted molar refractivity (Wildman–Crippen MR) is 102 cm³/mol. The van der Waals surface area contributed by atoms with Crippen molar-refractivity contribution in [3.8, 4) is 11.3 Å². The normalized spacial score (nSPS) is 14.0. The monoisotopic (exact) mass is 352 g/mol. The van der Waals surface area contributed by atoms with E-state index in [4.69, 9.17) is 4.98 Å². The topological polar surface area (TPSA) is 59.8 Å². The summed E-state index contributed by atoms with van der Waals surface area (Å²) < 4.78 is 2.06. The number of hydrogen-bond donors (Lipinski definition) is 1. The second kappa shape index (κ2) is 6.19. The first kappa shape index (κ1) is 16.1. The Balaban J connectivity index is 1.88. The number of fused-ring (bicyclic) bond motifs is 1. The summed E-state index contributed by atoms with van der Waals surface area (Å²) in [5.41, 5.74) is 4.46. The van der Waals surface area contributed by atoms with Crippen LogP contribution in [0.25, 0.3) is 22.2 Å². The maximum atomic E-state index is 11.3. The Morgan fingerprint density at radius 1 is 1.32 bits per heavy atom. The number of anilines is 1. The Kier molecular flexibility index (Phi) is 4.00. The molecule has 4 rings (SSSR count). The average molecular weight is 352 g/mol. The van der Waals surface area contributed by atoms with Crippen LogP contribution < -0.4 is 5.32 Å². The number of aryl methyl sites for hydroxylation is 1. The van der Waals surface area contributed by atoms with Crippen LogP contribution in [-0.2, 0) is 11.8 Å². The zero-order valence-electron chi connectivity index (χ0n) is 14.5. The number of carbonyl (C=O) groups is 1. The Morgan fingerprint density at radius 3 is 2.80 bits per heavy atom. The summed E-state index contributed by atoms with van der Waals surface area (Å²) in [7, 11) is 2.01. The molecular formula is C19H20N4OS. The maximum absolute atomic E-state index is 11.3. The molecule has 3 aromatic rings. The standard InChI is InChI=1S/C19H20N4OS/c1-11(24)21-18-8-14-15(10-23(2)17(14)9-20-18)16-6-13(12-4-5-12)7-19(22-16)25-3/h6-10,12H,4-5H2,1-3H3,(H,20,21,24). The summed E-state index contributed by atoms with van der Waals surface area (Å²) in [6.07, 6.45) is 8.48. The second-order valence-corrected chi connectivity index (χ2v) is 7.35. The number of pyridine rings is 2. The molecule has 1 saturated carbocycles. The molecule has 0 radical (unpaired) electrons. The fraction of sp³-hybridized carbons (Fsp3) is 0.316. The van der Waals surface area contributed by atoms with E-state index in [0.717, 1.165) is 27.2 Å². The molecule has 1 fully saturated rings. The summed E-state index contributed by atoms with van der Waals surface area (Å²) in [4.78, 5) is 20.5. The van der Waals surface area contributed by atoms with Crippen molar-refractivity contribution in [2.75, 3.05) is 11.6 Å². The van der Waals surface area contributed by atoms with Gasteiger partial charge in [0.25, 0.3) is 0 Å². The molecule has 0 saturated heterocycles. The number of aromatic nitrogens is 3. The van der Waals surface area contributed by atoms with Crippen LogP contribution in [0.3, 0.4) is 0 Å². The summed E-state index contributed by atoms with van der Waals surface area (Å²) in [5, 5.41) is 4.86. The van der Waals surface area contributed by atoms with Crippen molar-refractivity contribution in [3.05, 3.63) is 36.2 Å². The highest BCUT2D eigenvalue weighted by Crippen LogP contribution is 2.42. The predicted octanol–water partition coefficient (Wildman–Crippen LogP) is 4.19. The highest BCUT2D eigenvalue weighted by atomic mass is 32.2. The van der Waals surface area contributed by atoms with Gasteiger partial charge in [-0.3, -0.25) is 4.79 Å². The minimum Gasteiger partial charge on any atom is -0.349 e. The Hall–Kier alpha value is -2.34. The lowest BCUT2D eigenvalue weighted by atomic mass is 10.1. The van der Waals surface area contributed by atoms with Crippen molar-refractivity contribution >= 4 is 34.4 Å². The molecule has 128 valence electrons. The van der Waals surface area contributed by atoms with Crippen LogP contribution in [0, 0.1) is 0 Å². The molecule has 1 aliphatic rings. The van der Waals surface area contributed by atoms with Gasteiger partial charge in [0.1, 0.15) is 5.82 Å². The van der Waals surface area contributed by atoms with Crippen LogP contribution in [0.5, 0.6) is 0 Å².